The van der Waals surface area contributed by atoms with Gasteiger partial charge in [0.05, 0.1) is 18.9 Å². The van der Waals surface area contributed by atoms with Crippen LogP contribution in [-0.2, 0) is 4.74 Å². The molecule has 2 rings (SSSR count). The fraction of sp³-hybridized carbons (Fsp3) is 0.455. The molecule has 0 saturated carbocycles. The van der Waals surface area contributed by atoms with Crippen molar-refractivity contribution in [3.8, 4) is 5.75 Å². The number of nitrogens with two attached hydrogens (primary N) is 1. The summed E-state index contributed by atoms with van der Waals surface area (Å²) in [5, 5.41) is 0. The summed E-state index contributed by atoms with van der Waals surface area (Å²) >= 11 is 0. The Labute approximate surface area is 96.0 Å². The zero-order chi connectivity index (χ0) is 9.80. The number of halogens is 1. The average Bonchev–Trinajstić information content (AvgIpc) is 2.23. The Bertz CT molecular complexity index is 300. The molecule has 1 aliphatic heterocycles. The minimum Gasteiger partial charge on any atom is -0.488 e. The summed E-state index contributed by atoms with van der Waals surface area (Å²) in [7, 11) is 0. The van der Waals surface area contributed by atoms with E-state index in [0.717, 1.165) is 31.8 Å². The van der Waals surface area contributed by atoms with Gasteiger partial charge in [-0.1, -0.05) is 12.1 Å². The van der Waals surface area contributed by atoms with Crippen LogP contribution in [0.4, 0.5) is 5.69 Å². The molecule has 2 N–H and O–H groups in total. The SMILES string of the molecule is Cl.Nc1ccccc1OC1CCOCC1. The van der Waals surface area contributed by atoms with Gasteiger partial charge in [0.1, 0.15) is 11.9 Å². The second-order valence-corrected chi connectivity index (χ2v) is 3.47. The highest BCUT2D eigenvalue weighted by atomic mass is 35.5. The first-order valence-corrected chi connectivity index (χ1v) is 4.95. The maximum atomic E-state index is 5.78. The lowest BCUT2D eigenvalue weighted by atomic mass is 10.1. The van der Waals surface area contributed by atoms with Crippen molar-refractivity contribution in [1.82, 2.24) is 0 Å². The minimum atomic E-state index is 0. The molecule has 1 aromatic carbocycles. The van der Waals surface area contributed by atoms with E-state index in [0.29, 0.717) is 5.69 Å². The fourth-order valence-electron chi connectivity index (χ4n) is 1.56. The van der Waals surface area contributed by atoms with Gasteiger partial charge in [-0.15, -0.1) is 12.4 Å². The van der Waals surface area contributed by atoms with Crippen LogP contribution in [0.25, 0.3) is 0 Å². The Balaban J connectivity index is 0.00000112. The highest BCUT2D eigenvalue weighted by Crippen LogP contribution is 2.23. The van der Waals surface area contributed by atoms with Crippen molar-refractivity contribution in [2.45, 2.75) is 18.9 Å². The minimum absolute atomic E-state index is 0. The zero-order valence-corrected chi connectivity index (χ0v) is 9.33. The summed E-state index contributed by atoms with van der Waals surface area (Å²) in [6.45, 7) is 1.58. The van der Waals surface area contributed by atoms with E-state index < -0.39 is 0 Å². The number of benzene rings is 1. The molecule has 1 aromatic rings. The van der Waals surface area contributed by atoms with Crippen molar-refractivity contribution in [2.75, 3.05) is 18.9 Å². The van der Waals surface area contributed by atoms with Gasteiger partial charge >= 0.3 is 0 Å². The van der Waals surface area contributed by atoms with Gasteiger partial charge in [0.2, 0.25) is 0 Å². The van der Waals surface area contributed by atoms with Crippen LogP contribution in [0.1, 0.15) is 12.8 Å². The number of para-hydroxylation sites is 2. The van der Waals surface area contributed by atoms with Crippen molar-refractivity contribution in [2.24, 2.45) is 0 Å². The summed E-state index contributed by atoms with van der Waals surface area (Å²) in [5.41, 5.74) is 6.49. The van der Waals surface area contributed by atoms with E-state index in [2.05, 4.69) is 0 Å². The molecule has 1 aliphatic rings. The summed E-state index contributed by atoms with van der Waals surface area (Å²) in [6.07, 6.45) is 2.16. The molecule has 84 valence electrons. The van der Waals surface area contributed by atoms with E-state index in [1.807, 2.05) is 24.3 Å². The largest absolute Gasteiger partial charge is 0.488 e. The molecule has 4 heteroatoms. The normalized spacial score (nSPS) is 16.8. The van der Waals surface area contributed by atoms with E-state index >= 15 is 0 Å². The highest BCUT2D eigenvalue weighted by Gasteiger charge is 2.15. The van der Waals surface area contributed by atoms with Crippen molar-refractivity contribution < 1.29 is 9.47 Å². The van der Waals surface area contributed by atoms with Crippen LogP contribution >= 0.6 is 12.4 Å². The number of anilines is 1. The van der Waals surface area contributed by atoms with Crippen LogP contribution in [0.5, 0.6) is 5.75 Å². The van der Waals surface area contributed by atoms with E-state index in [4.69, 9.17) is 15.2 Å². The molecule has 0 aliphatic carbocycles. The Morgan fingerprint density at radius 3 is 2.53 bits per heavy atom. The second kappa shape index (κ2) is 5.83. The molecular weight excluding hydrogens is 214 g/mol. The summed E-state index contributed by atoms with van der Waals surface area (Å²) in [6, 6.07) is 7.61. The number of hydrogen-bond acceptors (Lipinski definition) is 3. The van der Waals surface area contributed by atoms with Gasteiger partial charge in [0, 0.05) is 12.8 Å². The fourth-order valence-corrected chi connectivity index (χ4v) is 1.56. The van der Waals surface area contributed by atoms with E-state index in [9.17, 15) is 0 Å². The van der Waals surface area contributed by atoms with Gasteiger partial charge in [0.25, 0.3) is 0 Å². The summed E-state index contributed by atoms with van der Waals surface area (Å²) in [4.78, 5) is 0. The molecule has 15 heavy (non-hydrogen) atoms. The lowest BCUT2D eigenvalue weighted by Gasteiger charge is -2.23. The lowest BCUT2D eigenvalue weighted by molar-refractivity contribution is 0.0259. The van der Waals surface area contributed by atoms with Gasteiger partial charge in [-0.2, -0.15) is 0 Å². The Kier molecular flexibility index (Phi) is 4.72. The molecule has 0 bridgehead atoms. The number of ether oxygens (including phenoxy) is 2. The van der Waals surface area contributed by atoms with Crippen LogP contribution in [0.15, 0.2) is 24.3 Å². The Morgan fingerprint density at radius 2 is 1.87 bits per heavy atom. The first-order valence-electron chi connectivity index (χ1n) is 4.95. The Morgan fingerprint density at radius 1 is 1.20 bits per heavy atom. The predicted molar refractivity (Wildman–Crippen MR) is 62.6 cm³/mol. The maximum Gasteiger partial charge on any atom is 0.142 e. The van der Waals surface area contributed by atoms with Crippen LogP contribution in [0, 0.1) is 0 Å². The molecule has 0 radical (unpaired) electrons. The van der Waals surface area contributed by atoms with Crippen LogP contribution in [-0.4, -0.2) is 19.3 Å². The molecule has 0 aromatic heterocycles. The molecular formula is C11H16ClNO2. The standard InChI is InChI=1S/C11H15NO2.ClH/c12-10-3-1-2-4-11(10)14-9-5-7-13-8-6-9;/h1-4,9H,5-8,12H2;1H. The molecule has 0 amide bonds. The van der Waals surface area contributed by atoms with Crippen LogP contribution in [0.3, 0.4) is 0 Å². The average molecular weight is 230 g/mol. The van der Waals surface area contributed by atoms with Crippen molar-refractivity contribution in [3.05, 3.63) is 24.3 Å². The molecule has 0 spiro atoms. The van der Waals surface area contributed by atoms with Gasteiger partial charge in [-0.25, -0.2) is 0 Å². The third-order valence-electron chi connectivity index (χ3n) is 2.38. The van der Waals surface area contributed by atoms with Crippen LogP contribution in [0.2, 0.25) is 0 Å². The molecule has 1 saturated heterocycles. The topological polar surface area (TPSA) is 44.5 Å². The monoisotopic (exact) mass is 229 g/mol. The summed E-state index contributed by atoms with van der Waals surface area (Å²) in [5.74, 6) is 0.791. The molecule has 0 atom stereocenters. The van der Waals surface area contributed by atoms with Gasteiger partial charge in [-0.05, 0) is 12.1 Å². The highest BCUT2D eigenvalue weighted by molar-refractivity contribution is 5.85. The first kappa shape index (κ1) is 12.1. The zero-order valence-electron chi connectivity index (χ0n) is 8.52. The third-order valence-corrected chi connectivity index (χ3v) is 2.38. The summed E-state index contributed by atoms with van der Waals surface area (Å²) < 4.78 is 11.0. The predicted octanol–water partition coefficient (Wildman–Crippen LogP) is 2.25. The quantitative estimate of drug-likeness (QED) is 0.792. The van der Waals surface area contributed by atoms with Gasteiger partial charge in [-0.3, -0.25) is 0 Å². The third kappa shape index (κ3) is 3.29. The molecule has 1 heterocycles. The second-order valence-electron chi connectivity index (χ2n) is 3.47. The van der Waals surface area contributed by atoms with Gasteiger partial charge in [0.15, 0.2) is 0 Å². The molecule has 0 unspecified atom stereocenters. The molecule has 3 nitrogen and oxygen atoms in total. The lowest BCUT2D eigenvalue weighted by Crippen LogP contribution is -2.26. The number of hydrogen-bond donors (Lipinski definition) is 1. The van der Waals surface area contributed by atoms with Gasteiger partial charge < -0.3 is 15.2 Å². The smallest absolute Gasteiger partial charge is 0.142 e. The van der Waals surface area contributed by atoms with Crippen LogP contribution < -0.4 is 10.5 Å². The van der Waals surface area contributed by atoms with Crippen molar-refractivity contribution in [1.29, 1.82) is 0 Å². The van der Waals surface area contributed by atoms with Crippen molar-refractivity contribution >= 4 is 18.1 Å². The number of rotatable bonds is 2. The molecule has 1 fully saturated rings. The van der Waals surface area contributed by atoms with E-state index in [1.54, 1.807) is 0 Å². The van der Waals surface area contributed by atoms with E-state index in [1.165, 1.54) is 0 Å². The number of nitrogen functional groups attached to an aromatic ring is 1. The first-order chi connectivity index (χ1) is 6.86. The van der Waals surface area contributed by atoms with Crippen molar-refractivity contribution in [3.63, 3.8) is 0 Å². The Hall–Kier alpha value is -0.930. The maximum absolute atomic E-state index is 5.78. The van der Waals surface area contributed by atoms with E-state index in [-0.39, 0.29) is 18.5 Å².